The highest BCUT2D eigenvalue weighted by Gasteiger charge is 2.28. The van der Waals surface area contributed by atoms with E-state index in [4.69, 9.17) is 4.74 Å². The normalized spacial score (nSPS) is 35.8. The molecular weight excluding hydrogens is 174 g/mol. The lowest BCUT2D eigenvalue weighted by Gasteiger charge is -2.37. The van der Waals surface area contributed by atoms with E-state index in [1.165, 1.54) is 32.1 Å². The van der Waals surface area contributed by atoms with E-state index in [9.17, 15) is 0 Å². The van der Waals surface area contributed by atoms with Crippen LogP contribution in [0.15, 0.2) is 0 Å². The minimum absolute atomic E-state index is 0.468. The summed E-state index contributed by atoms with van der Waals surface area (Å²) < 4.78 is 6.11. The first-order chi connectivity index (χ1) is 6.90. The Bertz CT molecular complexity index is 166. The van der Waals surface area contributed by atoms with Crippen molar-refractivity contribution in [3.63, 3.8) is 0 Å². The molecule has 1 saturated carbocycles. The van der Waals surface area contributed by atoms with E-state index in [2.05, 4.69) is 12.2 Å². The number of rotatable bonds is 2. The van der Waals surface area contributed by atoms with Gasteiger partial charge in [-0.05, 0) is 25.2 Å². The standard InChI is InChI=1S/C12H23NO/c1-2-11-8-13-9-12(14-11)10-6-4-3-5-7-10/h10-13H,2-9H2,1H3. The Morgan fingerprint density at radius 3 is 2.64 bits per heavy atom. The zero-order valence-electron chi connectivity index (χ0n) is 9.30. The van der Waals surface area contributed by atoms with Crippen LogP contribution in [-0.4, -0.2) is 25.3 Å². The Hall–Kier alpha value is -0.0800. The molecule has 2 atom stereocenters. The van der Waals surface area contributed by atoms with Crippen molar-refractivity contribution in [2.45, 2.75) is 57.7 Å². The molecule has 2 heteroatoms. The number of ether oxygens (including phenoxy) is 1. The average Bonchev–Trinajstić information content (AvgIpc) is 2.30. The van der Waals surface area contributed by atoms with Crippen LogP contribution < -0.4 is 5.32 Å². The molecule has 14 heavy (non-hydrogen) atoms. The van der Waals surface area contributed by atoms with Crippen molar-refractivity contribution in [2.75, 3.05) is 13.1 Å². The van der Waals surface area contributed by atoms with E-state index < -0.39 is 0 Å². The Morgan fingerprint density at radius 1 is 1.14 bits per heavy atom. The van der Waals surface area contributed by atoms with Crippen molar-refractivity contribution in [1.82, 2.24) is 5.32 Å². The molecule has 2 aliphatic rings. The van der Waals surface area contributed by atoms with Crippen molar-refractivity contribution in [2.24, 2.45) is 5.92 Å². The molecule has 1 aliphatic carbocycles. The average molecular weight is 197 g/mol. The molecule has 82 valence electrons. The second kappa shape index (κ2) is 5.13. The first-order valence-corrected chi connectivity index (χ1v) is 6.26. The summed E-state index contributed by atoms with van der Waals surface area (Å²) >= 11 is 0. The van der Waals surface area contributed by atoms with Crippen molar-refractivity contribution in [3.05, 3.63) is 0 Å². The highest BCUT2D eigenvalue weighted by molar-refractivity contribution is 4.81. The summed E-state index contributed by atoms with van der Waals surface area (Å²) in [5.41, 5.74) is 0. The largest absolute Gasteiger partial charge is 0.372 e. The molecule has 0 bridgehead atoms. The third-order valence-corrected chi connectivity index (χ3v) is 3.72. The van der Waals surface area contributed by atoms with E-state index in [0.29, 0.717) is 12.2 Å². The second-order valence-corrected chi connectivity index (χ2v) is 4.76. The molecule has 0 amide bonds. The SMILES string of the molecule is CCC1CNCC(C2CCCCC2)O1. The van der Waals surface area contributed by atoms with Gasteiger partial charge in [0.1, 0.15) is 0 Å². The van der Waals surface area contributed by atoms with Gasteiger partial charge in [0.2, 0.25) is 0 Å². The molecule has 0 aromatic rings. The van der Waals surface area contributed by atoms with E-state index in [1.807, 2.05) is 0 Å². The van der Waals surface area contributed by atoms with Gasteiger partial charge < -0.3 is 10.1 Å². The molecule has 2 rings (SSSR count). The molecule has 2 unspecified atom stereocenters. The summed E-state index contributed by atoms with van der Waals surface area (Å²) in [6.07, 6.45) is 9.18. The molecule has 1 saturated heterocycles. The molecule has 1 N–H and O–H groups in total. The van der Waals surface area contributed by atoms with Crippen LogP contribution in [0, 0.1) is 5.92 Å². The predicted molar refractivity (Wildman–Crippen MR) is 58.4 cm³/mol. The molecule has 1 heterocycles. The van der Waals surface area contributed by atoms with Crippen molar-refractivity contribution in [1.29, 1.82) is 0 Å². The van der Waals surface area contributed by atoms with E-state index in [-0.39, 0.29) is 0 Å². The summed E-state index contributed by atoms with van der Waals surface area (Å²) in [6.45, 7) is 4.36. The number of hydrogen-bond acceptors (Lipinski definition) is 2. The highest BCUT2D eigenvalue weighted by Crippen LogP contribution is 2.29. The number of hydrogen-bond donors (Lipinski definition) is 1. The zero-order valence-corrected chi connectivity index (χ0v) is 9.30. The fourth-order valence-electron chi connectivity index (χ4n) is 2.75. The first kappa shape index (κ1) is 10.4. The van der Waals surface area contributed by atoms with Gasteiger partial charge in [0.05, 0.1) is 12.2 Å². The molecule has 1 aliphatic heterocycles. The van der Waals surface area contributed by atoms with Gasteiger partial charge in [0.15, 0.2) is 0 Å². The van der Waals surface area contributed by atoms with Gasteiger partial charge in [0, 0.05) is 13.1 Å². The minimum atomic E-state index is 0.468. The quantitative estimate of drug-likeness (QED) is 0.733. The van der Waals surface area contributed by atoms with Gasteiger partial charge in [-0.15, -0.1) is 0 Å². The fourth-order valence-corrected chi connectivity index (χ4v) is 2.75. The van der Waals surface area contributed by atoms with Crippen LogP contribution in [0.1, 0.15) is 45.4 Å². The van der Waals surface area contributed by atoms with Crippen LogP contribution in [0.2, 0.25) is 0 Å². The number of morpholine rings is 1. The third-order valence-electron chi connectivity index (χ3n) is 3.72. The zero-order chi connectivity index (χ0) is 9.80. The Balaban J connectivity index is 1.83. The minimum Gasteiger partial charge on any atom is -0.372 e. The molecule has 0 aromatic carbocycles. The van der Waals surface area contributed by atoms with Gasteiger partial charge in [-0.25, -0.2) is 0 Å². The van der Waals surface area contributed by atoms with Gasteiger partial charge in [0.25, 0.3) is 0 Å². The highest BCUT2D eigenvalue weighted by atomic mass is 16.5. The van der Waals surface area contributed by atoms with Gasteiger partial charge in [-0.2, -0.15) is 0 Å². The summed E-state index contributed by atoms with van der Waals surface area (Å²) in [6, 6.07) is 0. The summed E-state index contributed by atoms with van der Waals surface area (Å²) in [4.78, 5) is 0. The van der Waals surface area contributed by atoms with E-state index in [1.54, 1.807) is 0 Å². The maximum atomic E-state index is 6.11. The lowest BCUT2D eigenvalue weighted by Crippen LogP contribution is -2.47. The molecule has 0 radical (unpaired) electrons. The second-order valence-electron chi connectivity index (χ2n) is 4.76. The van der Waals surface area contributed by atoms with Crippen LogP contribution in [0.3, 0.4) is 0 Å². The monoisotopic (exact) mass is 197 g/mol. The van der Waals surface area contributed by atoms with Crippen molar-refractivity contribution in [3.8, 4) is 0 Å². The van der Waals surface area contributed by atoms with E-state index in [0.717, 1.165) is 25.4 Å². The number of nitrogens with one attached hydrogen (secondary N) is 1. The molecular formula is C12H23NO. The lowest BCUT2D eigenvalue weighted by atomic mass is 9.84. The van der Waals surface area contributed by atoms with Crippen molar-refractivity contribution < 1.29 is 4.74 Å². The van der Waals surface area contributed by atoms with Crippen LogP contribution >= 0.6 is 0 Å². The van der Waals surface area contributed by atoms with Crippen LogP contribution in [0.25, 0.3) is 0 Å². The Kier molecular flexibility index (Phi) is 3.82. The van der Waals surface area contributed by atoms with Gasteiger partial charge in [-0.1, -0.05) is 26.2 Å². The molecule has 2 fully saturated rings. The maximum Gasteiger partial charge on any atom is 0.0731 e. The van der Waals surface area contributed by atoms with Crippen LogP contribution in [0.5, 0.6) is 0 Å². The predicted octanol–water partition coefficient (Wildman–Crippen LogP) is 2.33. The fraction of sp³-hybridized carbons (Fsp3) is 1.00. The third kappa shape index (κ3) is 2.48. The summed E-state index contributed by atoms with van der Waals surface area (Å²) in [7, 11) is 0. The Morgan fingerprint density at radius 2 is 1.93 bits per heavy atom. The van der Waals surface area contributed by atoms with Crippen LogP contribution in [-0.2, 0) is 4.74 Å². The molecule has 2 nitrogen and oxygen atoms in total. The van der Waals surface area contributed by atoms with Crippen LogP contribution in [0.4, 0.5) is 0 Å². The van der Waals surface area contributed by atoms with Crippen molar-refractivity contribution >= 4 is 0 Å². The summed E-state index contributed by atoms with van der Waals surface area (Å²) in [5.74, 6) is 0.839. The topological polar surface area (TPSA) is 21.3 Å². The van der Waals surface area contributed by atoms with Gasteiger partial charge in [-0.3, -0.25) is 0 Å². The van der Waals surface area contributed by atoms with E-state index >= 15 is 0 Å². The maximum absolute atomic E-state index is 6.11. The lowest BCUT2D eigenvalue weighted by molar-refractivity contribution is -0.0729. The Labute approximate surface area is 87.4 Å². The molecule has 0 spiro atoms. The first-order valence-electron chi connectivity index (χ1n) is 6.26. The molecule has 0 aromatic heterocycles. The van der Waals surface area contributed by atoms with Gasteiger partial charge >= 0.3 is 0 Å². The summed E-state index contributed by atoms with van der Waals surface area (Å²) in [5, 5.41) is 3.51. The smallest absolute Gasteiger partial charge is 0.0731 e.